The van der Waals surface area contributed by atoms with E-state index in [2.05, 4.69) is 9.97 Å². The van der Waals surface area contributed by atoms with Gasteiger partial charge in [-0.2, -0.15) is 0 Å². The van der Waals surface area contributed by atoms with Crippen LogP contribution in [0.2, 0.25) is 0 Å². The molecule has 4 rings (SSSR count). The number of hydrogen-bond acceptors (Lipinski definition) is 5. The van der Waals surface area contributed by atoms with Crippen LogP contribution in [0.1, 0.15) is 0 Å². The van der Waals surface area contributed by atoms with Crippen molar-refractivity contribution in [2.45, 2.75) is 0 Å². The Morgan fingerprint density at radius 3 is 2.75 bits per heavy atom. The molecule has 0 atom stereocenters. The number of fused-ring (bicyclic) bond motifs is 2. The highest BCUT2D eigenvalue weighted by molar-refractivity contribution is 5.83. The first-order chi connectivity index (χ1) is 11.7. The quantitative estimate of drug-likeness (QED) is 0.574. The molecule has 0 unspecified atom stereocenters. The molecule has 2 aromatic heterocycles. The predicted octanol–water partition coefficient (Wildman–Crippen LogP) is 2.71. The molecular formula is C18H12N2O4. The summed E-state index contributed by atoms with van der Waals surface area (Å²) in [5, 5.41) is 1.18. The Morgan fingerprint density at radius 2 is 1.92 bits per heavy atom. The largest absolute Gasteiger partial charge is 0.497 e. The van der Waals surface area contributed by atoms with Crippen LogP contribution in [-0.2, 0) is 0 Å². The van der Waals surface area contributed by atoms with Gasteiger partial charge in [0.25, 0.3) is 5.56 Å². The molecule has 2 heterocycles. The summed E-state index contributed by atoms with van der Waals surface area (Å²) in [6, 6.07) is 13.8. The van der Waals surface area contributed by atoms with E-state index >= 15 is 0 Å². The Labute approximate surface area is 135 Å². The lowest BCUT2D eigenvalue weighted by Crippen LogP contribution is -2.13. The first-order valence-electron chi connectivity index (χ1n) is 7.27. The number of methoxy groups -OCH3 is 1. The van der Waals surface area contributed by atoms with Crippen LogP contribution in [0.15, 0.2) is 62.5 Å². The number of H-pyrrole nitrogens is 1. The average Bonchev–Trinajstić information content (AvgIpc) is 2.60. The molecule has 118 valence electrons. The smallest absolute Gasteiger partial charge is 0.347 e. The van der Waals surface area contributed by atoms with E-state index in [0.717, 1.165) is 0 Å². The number of para-hydroxylation sites is 1. The van der Waals surface area contributed by atoms with Crippen LogP contribution >= 0.6 is 0 Å². The number of benzene rings is 2. The summed E-state index contributed by atoms with van der Waals surface area (Å²) in [7, 11) is 1.54. The molecule has 0 radical (unpaired) electrons. The molecule has 0 bridgehead atoms. The SMILES string of the molecule is COc1ccc2cc(-c3nc4ccccc4c(=O)[nH]3)c(=O)oc2c1. The maximum absolute atomic E-state index is 12.3. The molecule has 1 N–H and O–H groups in total. The normalized spacial score (nSPS) is 11.0. The Morgan fingerprint density at radius 1 is 1.08 bits per heavy atom. The van der Waals surface area contributed by atoms with Crippen LogP contribution < -0.4 is 15.9 Å². The zero-order valence-corrected chi connectivity index (χ0v) is 12.7. The Bertz CT molecular complexity index is 1190. The second-order valence-corrected chi connectivity index (χ2v) is 5.28. The fourth-order valence-electron chi connectivity index (χ4n) is 2.60. The van der Waals surface area contributed by atoms with Gasteiger partial charge in [-0.05, 0) is 30.3 Å². The number of aromatic nitrogens is 2. The van der Waals surface area contributed by atoms with Gasteiger partial charge in [0.15, 0.2) is 0 Å². The van der Waals surface area contributed by atoms with Crippen molar-refractivity contribution < 1.29 is 9.15 Å². The molecule has 24 heavy (non-hydrogen) atoms. The van der Waals surface area contributed by atoms with Crippen LogP contribution in [0, 0.1) is 0 Å². The van der Waals surface area contributed by atoms with Gasteiger partial charge in [-0.25, -0.2) is 9.78 Å². The van der Waals surface area contributed by atoms with Gasteiger partial charge in [-0.1, -0.05) is 12.1 Å². The zero-order chi connectivity index (χ0) is 16.7. The molecule has 6 nitrogen and oxygen atoms in total. The zero-order valence-electron chi connectivity index (χ0n) is 12.7. The third-order valence-electron chi connectivity index (χ3n) is 3.81. The number of ether oxygens (including phenoxy) is 1. The summed E-state index contributed by atoms with van der Waals surface area (Å²) in [4.78, 5) is 31.5. The van der Waals surface area contributed by atoms with Crippen LogP contribution in [-0.4, -0.2) is 17.1 Å². The van der Waals surface area contributed by atoms with E-state index in [4.69, 9.17) is 9.15 Å². The minimum absolute atomic E-state index is 0.185. The second-order valence-electron chi connectivity index (χ2n) is 5.28. The highest BCUT2D eigenvalue weighted by Crippen LogP contribution is 2.23. The van der Waals surface area contributed by atoms with E-state index in [1.165, 1.54) is 7.11 Å². The highest BCUT2D eigenvalue weighted by atomic mass is 16.5. The fraction of sp³-hybridized carbons (Fsp3) is 0.0556. The number of nitrogens with one attached hydrogen (secondary N) is 1. The van der Waals surface area contributed by atoms with Gasteiger partial charge < -0.3 is 14.1 Å². The summed E-state index contributed by atoms with van der Waals surface area (Å²) in [5.74, 6) is 0.779. The van der Waals surface area contributed by atoms with Crippen LogP contribution in [0.4, 0.5) is 0 Å². The van der Waals surface area contributed by atoms with Crippen molar-refractivity contribution in [2.75, 3.05) is 7.11 Å². The molecule has 0 fully saturated rings. The molecule has 0 amide bonds. The minimum atomic E-state index is -0.575. The van der Waals surface area contributed by atoms with Gasteiger partial charge in [0.05, 0.1) is 18.0 Å². The van der Waals surface area contributed by atoms with E-state index in [1.807, 2.05) is 0 Å². The Balaban J connectivity index is 1.98. The van der Waals surface area contributed by atoms with Crippen molar-refractivity contribution >= 4 is 21.9 Å². The lowest BCUT2D eigenvalue weighted by atomic mass is 10.1. The van der Waals surface area contributed by atoms with E-state index in [1.54, 1.807) is 48.5 Å². The first-order valence-corrected chi connectivity index (χ1v) is 7.27. The Kier molecular flexibility index (Phi) is 3.16. The Hall–Kier alpha value is -3.41. The van der Waals surface area contributed by atoms with Gasteiger partial charge >= 0.3 is 5.63 Å². The van der Waals surface area contributed by atoms with Gasteiger partial charge in [0.2, 0.25) is 0 Å². The summed E-state index contributed by atoms with van der Waals surface area (Å²) in [6.45, 7) is 0. The molecule has 0 aliphatic heterocycles. The van der Waals surface area contributed by atoms with Crippen molar-refractivity contribution in [1.29, 1.82) is 0 Å². The topological polar surface area (TPSA) is 85.2 Å². The maximum Gasteiger partial charge on any atom is 0.347 e. The number of rotatable bonds is 2. The highest BCUT2D eigenvalue weighted by Gasteiger charge is 2.12. The molecule has 6 heteroatoms. The third-order valence-corrected chi connectivity index (χ3v) is 3.81. The molecule has 0 saturated heterocycles. The van der Waals surface area contributed by atoms with E-state index in [0.29, 0.717) is 27.6 Å². The minimum Gasteiger partial charge on any atom is -0.497 e. The molecule has 4 aromatic rings. The third kappa shape index (κ3) is 2.25. The van der Waals surface area contributed by atoms with Crippen molar-refractivity contribution in [3.63, 3.8) is 0 Å². The lowest BCUT2D eigenvalue weighted by Gasteiger charge is -2.05. The summed E-state index contributed by atoms with van der Waals surface area (Å²) < 4.78 is 10.5. The monoisotopic (exact) mass is 320 g/mol. The molecule has 0 saturated carbocycles. The predicted molar refractivity (Wildman–Crippen MR) is 90.4 cm³/mol. The van der Waals surface area contributed by atoms with Crippen LogP contribution in [0.5, 0.6) is 5.75 Å². The molecule has 0 aliphatic carbocycles. The first kappa shape index (κ1) is 14.2. The van der Waals surface area contributed by atoms with Crippen molar-refractivity contribution in [3.05, 3.63) is 69.3 Å². The van der Waals surface area contributed by atoms with Crippen molar-refractivity contribution in [1.82, 2.24) is 9.97 Å². The average molecular weight is 320 g/mol. The molecular weight excluding hydrogens is 308 g/mol. The standard InChI is InChI=1S/C18H12N2O4/c1-23-11-7-6-10-8-13(18(22)24-15(10)9-11)16-19-14-5-3-2-4-12(14)17(21)20-16/h2-9H,1H3,(H,19,20,21). The van der Waals surface area contributed by atoms with E-state index < -0.39 is 5.63 Å². The van der Waals surface area contributed by atoms with Gasteiger partial charge in [-0.15, -0.1) is 0 Å². The maximum atomic E-state index is 12.3. The van der Waals surface area contributed by atoms with E-state index in [-0.39, 0.29) is 16.9 Å². The number of aromatic amines is 1. The summed E-state index contributed by atoms with van der Waals surface area (Å²) in [6.07, 6.45) is 0. The van der Waals surface area contributed by atoms with Crippen LogP contribution in [0.25, 0.3) is 33.3 Å². The summed E-state index contributed by atoms with van der Waals surface area (Å²) >= 11 is 0. The lowest BCUT2D eigenvalue weighted by molar-refractivity contribution is 0.414. The molecule has 2 aromatic carbocycles. The fourth-order valence-corrected chi connectivity index (χ4v) is 2.60. The second kappa shape index (κ2) is 5.34. The van der Waals surface area contributed by atoms with Crippen molar-refractivity contribution in [2.24, 2.45) is 0 Å². The van der Waals surface area contributed by atoms with Crippen LogP contribution in [0.3, 0.4) is 0 Å². The molecule has 0 spiro atoms. The number of nitrogens with zero attached hydrogens (tertiary/aromatic N) is 1. The van der Waals surface area contributed by atoms with Gasteiger partial charge in [0.1, 0.15) is 22.7 Å². The van der Waals surface area contributed by atoms with E-state index in [9.17, 15) is 9.59 Å². The summed E-state index contributed by atoms with van der Waals surface area (Å²) in [5.41, 5.74) is 0.256. The van der Waals surface area contributed by atoms with Crippen molar-refractivity contribution in [3.8, 4) is 17.1 Å². The van der Waals surface area contributed by atoms with Gasteiger partial charge in [0, 0.05) is 11.5 Å². The number of hydrogen-bond donors (Lipinski definition) is 1. The van der Waals surface area contributed by atoms with Gasteiger partial charge in [-0.3, -0.25) is 4.79 Å². The molecule has 0 aliphatic rings.